The first-order valence-electron chi connectivity index (χ1n) is 34.9. The van der Waals surface area contributed by atoms with Gasteiger partial charge in [-0.2, -0.15) is 0 Å². The average molecular weight is 1300 g/mol. The van der Waals surface area contributed by atoms with Crippen LogP contribution in [0, 0.1) is 0 Å². The largest absolute Gasteiger partial charge is 0.456 e. The normalized spacial score (nSPS) is 11.9. The van der Waals surface area contributed by atoms with E-state index >= 15 is 0 Å². The Balaban J connectivity index is 0.000000133. The van der Waals surface area contributed by atoms with Crippen LogP contribution in [0.15, 0.2) is 373 Å². The zero-order valence-electron chi connectivity index (χ0n) is 55.2. The first-order chi connectivity index (χ1) is 50.6. The van der Waals surface area contributed by atoms with E-state index in [1.165, 1.54) is 121 Å². The van der Waals surface area contributed by atoms with Crippen LogP contribution in [-0.4, -0.2) is 18.3 Å². The molecule has 0 radical (unpaired) electrons. The second kappa shape index (κ2) is 23.0. The zero-order valence-corrected chi connectivity index (χ0v) is 55.2. The molecule has 0 N–H and O–H groups in total. The Morgan fingerprint density at radius 2 is 0.461 bits per heavy atom. The number of rotatable bonds is 8. The van der Waals surface area contributed by atoms with Gasteiger partial charge in [-0.25, -0.2) is 0 Å². The number of nitrogens with zero attached hydrogens (tertiary/aromatic N) is 4. The van der Waals surface area contributed by atoms with Crippen LogP contribution in [0.4, 0.5) is 0 Å². The molecule has 0 aliphatic heterocycles. The van der Waals surface area contributed by atoms with Crippen LogP contribution >= 0.6 is 0 Å². The first-order valence-corrected chi connectivity index (χ1v) is 34.9. The molecule has 0 aliphatic carbocycles. The molecule has 0 atom stereocenters. The highest BCUT2D eigenvalue weighted by Crippen LogP contribution is 2.44. The monoisotopic (exact) mass is 1300 g/mol. The predicted molar refractivity (Wildman–Crippen MR) is 427 cm³/mol. The van der Waals surface area contributed by atoms with Crippen molar-refractivity contribution in [3.8, 4) is 67.3 Å². The van der Waals surface area contributed by atoms with Gasteiger partial charge < -0.3 is 27.1 Å². The van der Waals surface area contributed by atoms with E-state index < -0.39 is 0 Å². The van der Waals surface area contributed by atoms with Crippen molar-refractivity contribution in [3.05, 3.63) is 364 Å². The van der Waals surface area contributed by atoms with Gasteiger partial charge in [-0.05, 0) is 185 Å². The number of hydrogen-bond donors (Lipinski definition) is 0. The highest BCUT2D eigenvalue weighted by atomic mass is 16.3. The van der Waals surface area contributed by atoms with E-state index in [4.69, 9.17) is 8.83 Å². The first kappa shape index (κ1) is 57.4. The molecule has 22 rings (SSSR count). The van der Waals surface area contributed by atoms with Gasteiger partial charge in [0.25, 0.3) is 0 Å². The quantitative estimate of drug-likeness (QED) is 0.152. The molecular formula is C96H60N4O2. The summed E-state index contributed by atoms with van der Waals surface area (Å²) in [7, 11) is 0. The van der Waals surface area contributed by atoms with Crippen molar-refractivity contribution < 1.29 is 8.83 Å². The second-order valence-electron chi connectivity index (χ2n) is 26.7. The molecule has 6 aromatic heterocycles. The number of para-hydroxylation sites is 9. The molecule has 0 amide bonds. The molecule has 16 aromatic carbocycles. The predicted octanol–water partition coefficient (Wildman–Crippen LogP) is 26.2. The minimum Gasteiger partial charge on any atom is -0.456 e. The lowest BCUT2D eigenvalue weighted by Crippen LogP contribution is -1.94. The van der Waals surface area contributed by atoms with Crippen molar-refractivity contribution in [3.63, 3.8) is 0 Å². The summed E-state index contributed by atoms with van der Waals surface area (Å²) in [6.07, 6.45) is 0. The number of benzene rings is 16. The lowest BCUT2D eigenvalue weighted by molar-refractivity contribution is 0.669. The summed E-state index contributed by atoms with van der Waals surface area (Å²) < 4.78 is 22.2. The smallest absolute Gasteiger partial charge is 0.143 e. The Bertz CT molecular complexity index is 7140. The number of fused-ring (bicyclic) bond motifs is 18. The van der Waals surface area contributed by atoms with Gasteiger partial charge in [0.1, 0.15) is 22.3 Å². The summed E-state index contributed by atoms with van der Waals surface area (Å²) in [6.45, 7) is 0. The summed E-state index contributed by atoms with van der Waals surface area (Å²) in [5.74, 6) is 0. The molecule has 0 unspecified atom stereocenters. The summed E-state index contributed by atoms with van der Waals surface area (Å²) in [6, 6.07) is 131. The van der Waals surface area contributed by atoms with E-state index in [2.05, 4.69) is 358 Å². The van der Waals surface area contributed by atoms with Gasteiger partial charge in [-0.1, -0.05) is 218 Å². The van der Waals surface area contributed by atoms with Crippen molar-refractivity contribution in [1.29, 1.82) is 0 Å². The summed E-state index contributed by atoms with van der Waals surface area (Å²) in [4.78, 5) is 0. The van der Waals surface area contributed by atoms with Crippen LogP contribution in [-0.2, 0) is 0 Å². The van der Waals surface area contributed by atoms with Crippen LogP contribution in [0.3, 0.4) is 0 Å². The summed E-state index contributed by atoms with van der Waals surface area (Å²) >= 11 is 0. The lowest BCUT2D eigenvalue weighted by Gasteiger charge is -2.11. The minimum atomic E-state index is 0.909. The number of hydrogen-bond acceptors (Lipinski definition) is 2. The molecular weight excluding hydrogens is 1240 g/mol. The van der Waals surface area contributed by atoms with Crippen molar-refractivity contribution in [1.82, 2.24) is 18.3 Å². The SMILES string of the molecule is c1ccc(-n2c3ccccc3c3cc(-c4ccc5c(c4)c4ccccc4n5-c4cccc(-c5ccc6c(c5)oc5ccccc56)c4)ccc32)cc1.c1ccc(-n2c3ccccc3c3cc(-c4ccc5c(c4)c4ccccc4n5-c4cccc(-c5cccc6c5oc5ccccc56)c4)ccc32)cc1. The van der Waals surface area contributed by atoms with Gasteiger partial charge in [0, 0.05) is 92.9 Å². The maximum Gasteiger partial charge on any atom is 0.143 e. The van der Waals surface area contributed by atoms with Crippen LogP contribution < -0.4 is 0 Å². The molecule has 476 valence electrons. The highest BCUT2D eigenvalue weighted by Gasteiger charge is 2.21. The summed E-state index contributed by atoms with van der Waals surface area (Å²) in [5.41, 5.74) is 27.2. The van der Waals surface area contributed by atoms with E-state index in [9.17, 15) is 0 Å². The van der Waals surface area contributed by atoms with Crippen molar-refractivity contribution in [2.45, 2.75) is 0 Å². The number of furan rings is 2. The second-order valence-corrected chi connectivity index (χ2v) is 26.7. The fraction of sp³-hybridized carbons (Fsp3) is 0. The number of aromatic nitrogens is 4. The third-order valence-corrected chi connectivity index (χ3v) is 21.0. The van der Waals surface area contributed by atoms with Gasteiger partial charge in [0.2, 0.25) is 0 Å². The molecule has 22 aromatic rings. The standard InChI is InChI=1S/2C48H30N2O/c1-2-13-34(14-3-1)49-43-21-7-4-16-37(43)41-29-31(24-26-45(41)49)32-25-27-46-42(30-32)38-17-5-8-22-44(38)50(46)35-15-10-12-33(28-35)36-19-11-20-40-39-18-6-9-23-47(39)51-48(36)40;1-2-12-35(13-3-1)49-43-18-7-4-15-37(43)41-28-32(22-25-45(41)49)33-23-26-46-42(29-33)38-16-5-8-19-44(38)50(46)36-14-10-11-31(27-36)34-21-24-40-39-17-6-9-20-47(39)51-48(40)30-34/h2*1-30H. The Kier molecular flexibility index (Phi) is 12.9. The molecule has 102 heavy (non-hydrogen) atoms. The highest BCUT2D eigenvalue weighted by molar-refractivity contribution is 6.16. The van der Waals surface area contributed by atoms with Crippen molar-refractivity contribution >= 4 is 131 Å². The molecule has 0 aliphatic rings. The van der Waals surface area contributed by atoms with E-state index in [0.717, 1.165) is 77.5 Å². The van der Waals surface area contributed by atoms with Gasteiger partial charge in [0.05, 0.1) is 44.1 Å². The fourth-order valence-electron chi connectivity index (χ4n) is 16.4. The zero-order chi connectivity index (χ0) is 66.9. The van der Waals surface area contributed by atoms with E-state index in [0.29, 0.717) is 0 Å². The van der Waals surface area contributed by atoms with Crippen molar-refractivity contribution in [2.24, 2.45) is 0 Å². The topological polar surface area (TPSA) is 46.0 Å². The van der Waals surface area contributed by atoms with Crippen LogP contribution in [0.5, 0.6) is 0 Å². The fourth-order valence-corrected chi connectivity index (χ4v) is 16.4. The molecule has 6 heteroatoms. The van der Waals surface area contributed by atoms with Gasteiger partial charge in [-0.15, -0.1) is 0 Å². The van der Waals surface area contributed by atoms with E-state index in [-0.39, 0.29) is 0 Å². The molecule has 0 saturated carbocycles. The Labute approximate surface area is 585 Å². The van der Waals surface area contributed by atoms with Gasteiger partial charge in [0.15, 0.2) is 0 Å². The Morgan fingerprint density at radius 1 is 0.157 bits per heavy atom. The van der Waals surface area contributed by atoms with Crippen LogP contribution in [0.2, 0.25) is 0 Å². The van der Waals surface area contributed by atoms with Crippen molar-refractivity contribution in [2.75, 3.05) is 0 Å². The Hall–Kier alpha value is -13.7. The molecule has 0 spiro atoms. The maximum atomic E-state index is 6.43. The average Bonchev–Trinajstić information content (AvgIpc) is 1.59. The third-order valence-electron chi connectivity index (χ3n) is 21.0. The molecule has 6 heterocycles. The maximum absolute atomic E-state index is 6.43. The van der Waals surface area contributed by atoms with E-state index in [1.54, 1.807) is 0 Å². The lowest BCUT2D eigenvalue weighted by atomic mass is 10.0. The van der Waals surface area contributed by atoms with E-state index in [1.807, 2.05) is 24.3 Å². The Morgan fingerprint density at radius 3 is 0.931 bits per heavy atom. The van der Waals surface area contributed by atoms with Gasteiger partial charge in [-0.3, -0.25) is 0 Å². The van der Waals surface area contributed by atoms with Crippen LogP contribution in [0.1, 0.15) is 0 Å². The third kappa shape index (κ3) is 9.06. The molecule has 0 fully saturated rings. The molecule has 0 saturated heterocycles. The summed E-state index contributed by atoms with van der Waals surface area (Å²) in [5, 5.41) is 14.6. The molecule has 0 bridgehead atoms. The molecule has 6 nitrogen and oxygen atoms in total. The van der Waals surface area contributed by atoms with Crippen LogP contribution in [0.25, 0.3) is 198 Å². The van der Waals surface area contributed by atoms with Gasteiger partial charge >= 0.3 is 0 Å². The minimum absolute atomic E-state index is 0.909.